The molecule has 0 saturated heterocycles. The van der Waals surface area contributed by atoms with Gasteiger partial charge >= 0.3 is 51.4 Å². The standard InChI is InChI=1S/C18H30O3.K/c1-2-3-4-5-6-7-8-9-10-11-12-13-14-15-17(19)16-18(20)21;/h5-10,17,19H,2-4,11-16H2,1H3,(H,20,21);/q;+1/p-1/b6-5+,8-7+,10-9+;. The second kappa shape index (κ2) is 19.3. The minimum atomic E-state index is -1.18. The van der Waals surface area contributed by atoms with Gasteiger partial charge in [0, 0.05) is 12.4 Å². The summed E-state index contributed by atoms with van der Waals surface area (Å²) in [5, 5.41) is 19.6. The number of allylic oxidation sites excluding steroid dienone is 6. The predicted octanol–water partition coefficient (Wildman–Crippen LogP) is 0.301. The molecule has 120 valence electrons. The van der Waals surface area contributed by atoms with E-state index < -0.39 is 12.1 Å². The third kappa shape index (κ3) is 20.3. The summed E-state index contributed by atoms with van der Waals surface area (Å²) in [7, 11) is 0. The van der Waals surface area contributed by atoms with Crippen molar-refractivity contribution >= 4 is 5.97 Å². The van der Waals surface area contributed by atoms with Crippen molar-refractivity contribution < 1.29 is 66.4 Å². The van der Waals surface area contributed by atoms with E-state index in [0.717, 1.165) is 32.1 Å². The molecule has 1 unspecified atom stereocenters. The second-order valence-electron chi connectivity index (χ2n) is 5.25. The van der Waals surface area contributed by atoms with Gasteiger partial charge in [0.25, 0.3) is 0 Å². The monoisotopic (exact) mass is 332 g/mol. The summed E-state index contributed by atoms with van der Waals surface area (Å²) in [5.41, 5.74) is 0. The largest absolute Gasteiger partial charge is 1.00 e. The first-order chi connectivity index (χ1) is 10.2. The van der Waals surface area contributed by atoms with Crippen molar-refractivity contribution in [2.45, 2.75) is 70.8 Å². The van der Waals surface area contributed by atoms with E-state index in [9.17, 15) is 15.0 Å². The minimum Gasteiger partial charge on any atom is -0.550 e. The van der Waals surface area contributed by atoms with Gasteiger partial charge in [0.2, 0.25) is 0 Å². The molecule has 0 bridgehead atoms. The van der Waals surface area contributed by atoms with Gasteiger partial charge in [-0.25, -0.2) is 0 Å². The first-order valence-corrected chi connectivity index (χ1v) is 8.03. The summed E-state index contributed by atoms with van der Waals surface area (Å²) in [6, 6.07) is 0. The van der Waals surface area contributed by atoms with Gasteiger partial charge in [-0.2, -0.15) is 0 Å². The quantitative estimate of drug-likeness (QED) is 0.300. The van der Waals surface area contributed by atoms with Crippen LogP contribution in [0.25, 0.3) is 0 Å². The Morgan fingerprint density at radius 3 is 2.14 bits per heavy atom. The molecule has 0 spiro atoms. The van der Waals surface area contributed by atoms with Crippen LogP contribution >= 0.6 is 0 Å². The van der Waals surface area contributed by atoms with Crippen LogP contribution in [0.5, 0.6) is 0 Å². The number of hydrogen-bond acceptors (Lipinski definition) is 3. The summed E-state index contributed by atoms with van der Waals surface area (Å²) in [6.45, 7) is 2.19. The molecule has 0 aromatic carbocycles. The Morgan fingerprint density at radius 2 is 1.59 bits per heavy atom. The van der Waals surface area contributed by atoms with Crippen LogP contribution < -0.4 is 56.5 Å². The third-order valence-corrected chi connectivity index (χ3v) is 3.14. The molecular formula is C18H29KO3. The van der Waals surface area contributed by atoms with Gasteiger partial charge in [-0.15, -0.1) is 0 Å². The summed E-state index contributed by atoms with van der Waals surface area (Å²) >= 11 is 0. The van der Waals surface area contributed by atoms with Crippen molar-refractivity contribution in [1.29, 1.82) is 0 Å². The fraction of sp³-hybridized carbons (Fsp3) is 0.611. The van der Waals surface area contributed by atoms with Crippen LogP contribution in [0.1, 0.15) is 64.7 Å². The smallest absolute Gasteiger partial charge is 0.550 e. The molecule has 0 rings (SSSR count). The molecular weight excluding hydrogens is 303 g/mol. The molecule has 0 aliphatic carbocycles. The van der Waals surface area contributed by atoms with E-state index in [4.69, 9.17) is 0 Å². The van der Waals surface area contributed by atoms with Gasteiger partial charge in [0.15, 0.2) is 0 Å². The molecule has 0 aliphatic rings. The van der Waals surface area contributed by atoms with E-state index in [1.165, 1.54) is 12.8 Å². The number of rotatable bonds is 13. The maximum atomic E-state index is 10.3. The number of carboxylic acids is 1. The predicted molar refractivity (Wildman–Crippen MR) is 85.7 cm³/mol. The molecule has 0 fully saturated rings. The van der Waals surface area contributed by atoms with Crippen molar-refractivity contribution in [1.82, 2.24) is 0 Å². The third-order valence-electron chi connectivity index (χ3n) is 3.14. The number of aliphatic carboxylic acids is 1. The Hall–Kier alpha value is 0.286. The number of aliphatic hydroxyl groups is 1. The Balaban J connectivity index is 0. The van der Waals surface area contributed by atoms with Crippen molar-refractivity contribution in [2.24, 2.45) is 0 Å². The van der Waals surface area contributed by atoms with Crippen molar-refractivity contribution in [3.05, 3.63) is 36.5 Å². The van der Waals surface area contributed by atoms with Gasteiger partial charge in [-0.1, -0.05) is 69.1 Å². The van der Waals surface area contributed by atoms with Gasteiger partial charge in [-0.3, -0.25) is 0 Å². The van der Waals surface area contributed by atoms with Crippen LogP contribution in [-0.4, -0.2) is 17.2 Å². The Morgan fingerprint density at radius 1 is 1.00 bits per heavy atom. The molecule has 0 aromatic rings. The summed E-state index contributed by atoms with van der Waals surface area (Å²) in [5.74, 6) is -1.18. The number of carbonyl (C=O) groups excluding carboxylic acids is 1. The fourth-order valence-corrected chi connectivity index (χ4v) is 1.91. The molecule has 0 amide bonds. The van der Waals surface area contributed by atoms with Crippen molar-refractivity contribution in [3.8, 4) is 0 Å². The first kappa shape index (κ1) is 24.5. The fourth-order valence-electron chi connectivity index (χ4n) is 1.91. The van der Waals surface area contributed by atoms with Crippen LogP contribution in [0.2, 0.25) is 0 Å². The Kier molecular flexibility index (Phi) is 21.6. The van der Waals surface area contributed by atoms with Crippen molar-refractivity contribution in [3.63, 3.8) is 0 Å². The molecule has 0 heterocycles. The average molecular weight is 333 g/mol. The summed E-state index contributed by atoms with van der Waals surface area (Å²) < 4.78 is 0. The van der Waals surface area contributed by atoms with Crippen LogP contribution in [-0.2, 0) is 4.79 Å². The average Bonchev–Trinajstić information content (AvgIpc) is 2.43. The summed E-state index contributed by atoms with van der Waals surface area (Å²) in [4.78, 5) is 10.3. The normalized spacial score (nSPS) is 13.0. The number of unbranched alkanes of at least 4 members (excludes halogenated alkanes) is 5. The van der Waals surface area contributed by atoms with E-state index in [1.807, 2.05) is 12.2 Å². The molecule has 1 N–H and O–H groups in total. The van der Waals surface area contributed by atoms with E-state index in [2.05, 4.69) is 31.2 Å². The van der Waals surface area contributed by atoms with E-state index >= 15 is 0 Å². The Labute approximate surface area is 178 Å². The Bertz CT molecular complexity index is 335. The minimum absolute atomic E-state index is 0. The van der Waals surface area contributed by atoms with Gasteiger partial charge < -0.3 is 15.0 Å². The second-order valence-corrected chi connectivity index (χ2v) is 5.25. The number of hydrogen-bond donors (Lipinski definition) is 1. The molecule has 1 atom stereocenters. The zero-order chi connectivity index (χ0) is 15.8. The zero-order valence-corrected chi connectivity index (χ0v) is 17.3. The molecule has 22 heavy (non-hydrogen) atoms. The van der Waals surface area contributed by atoms with Crippen LogP contribution in [0.15, 0.2) is 36.5 Å². The molecule has 0 radical (unpaired) electrons. The van der Waals surface area contributed by atoms with Crippen LogP contribution in [0.4, 0.5) is 0 Å². The van der Waals surface area contributed by atoms with Crippen LogP contribution in [0, 0.1) is 0 Å². The van der Waals surface area contributed by atoms with Crippen LogP contribution in [0.3, 0.4) is 0 Å². The van der Waals surface area contributed by atoms with Gasteiger partial charge in [-0.05, 0) is 25.7 Å². The molecule has 0 aromatic heterocycles. The number of carbonyl (C=O) groups is 1. The van der Waals surface area contributed by atoms with E-state index in [1.54, 1.807) is 0 Å². The summed E-state index contributed by atoms with van der Waals surface area (Å²) in [6.07, 6.45) is 19.6. The SMILES string of the molecule is CCCC/C=C/C=C/C=C/CCCCCC(O)CC(=O)[O-].[K+]. The van der Waals surface area contributed by atoms with Gasteiger partial charge in [0.05, 0.1) is 6.10 Å². The number of carboxylic acid groups (broad SMARTS) is 1. The van der Waals surface area contributed by atoms with E-state index in [0.29, 0.717) is 6.42 Å². The van der Waals surface area contributed by atoms with Gasteiger partial charge in [0.1, 0.15) is 0 Å². The molecule has 4 heteroatoms. The maximum absolute atomic E-state index is 10.3. The van der Waals surface area contributed by atoms with E-state index in [-0.39, 0.29) is 57.8 Å². The zero-order valence-electron chi connectivity index (χ0n) is 14.2. The molecule has 0 aliphatic heterocycles. The maximum Gasteiger partial charge on any atom is 1.00 e. The number of aliphatic hydroxyl groups excluding tert-OH is 1. The van der Waals surface area contributed by atoms with Crippen molar-refractivity contribution in [2.75, 3.05) is 0 Å². The molecule has 0 saturated carbocycles. The molecule has 3 nitrogen and oxygen atoms in total. The topological polar surface area (TPSA) is 60.4 Å². The first-order valence-electron chi connectivity index (χ1n) is 8.03.